The van der Waals surface area contributed by atoms with Crippen molar-refractivity contribution >= 4 is 41.2 Å². The molecule has 0 saturated heterocycles. The molecule has 0 aliphatic heterocycles. The first-order valence-corrected chi connectivity index (χ1v) is 8.13. The van der Waals surface area contributed by atoms with E-state index in [4.69, 9.17) is 16.4 Å². The predicted molar refractivity (Wildman–Crippen MR) is 91.9 cm³/mol. The number of thioether (sulfide) groups is 1. The van der Waals surface area contributed by atoms with Crippen LogP contribution in [0, 0.1) is 0 Å². The number of nitrogens with zero attached hydrogens (tertiary/aromatic N) is 1. The van der Waals surface area contributed by atoms with Gasteiger partial charge in [0, 0.05) is 4.90 Å². The van der Waals surface area contributed by atoms with Crippen LogP contribution in [0.1, 0.15) is 5.56 Å². The van der Waals surface area contributed by atoms with Gasteiger partial charge in [0.15, 0.2) is 6.61 Å². The van der Waals surface area contributed by atoms with Gasteiger partial charge in [-0.2, -0.15) is 0 Å². The molecule has 22 heavy (non-hydrogen) atoms. The molecule has 0 aromatic heterocycles. The zero-order valence-electron chi connectivity index (χ0n) is 12.0. The van der Waals surface area contributed by atoms with Crippen LogP contribution in [0.25, 0.3) is 0 Å². The molecule has 1 amide bonds. The van der Waals surface area contributed by atoms with Gasteiger partial charge in [0.1, 0.15) is 0 Å². The van der Waals surface area contributed by atoms with Crippen LogP contribution in [0.2, 0.25) is 5.02 Å². The number of anilines is 1. The third-order valence-electron chi connectivity index (χ3n) is 2.74. The van der Waals surface area contributed by atoms with Gasteiger partial charge in [0.2, 0.25) is 0 Å². The third-order valence-corrected chi connectivity index (χ3v) is 3.81. The first-order chi connectivity index (χ1) is 10.7. The van der Waals surface area contributed by atoms with E-state index >= 15 is 0 Å². The molecule has 0 saturated carbocycles. The van der Waals surface area contributed by atoms with E-state index in [-0.39, 0.29) is 12.5 Å². The van der Waals surface area contributed by atoms with Crippen molar-refractivity contribution in [3.63, 3.8) is 0 Å². The topological polar surface area (TPSA) is 50.7 Å². The molecule has 0 radical (unpaired) electrons. The molecule has 6 heteroatoms. The van der Waals surface area contributed by atoms with E-state index in [1.807, 2.05) is 30.5 Å². The van der Waals surface area contributed by atoms with Crippen LogP contribution < -0.4 is 5.32 Å². The summed E-state index contributed by atoms with van der Waals surface area (Å²) in [4.78, 5) is 17.8. The van der Waals surface area contributed by atoms with Crippen molar-refractivity contribution < 1.29 is 9.63 Å². The highest BCUT2D eigenvalue weighted by atomic mass is 35.5. The van der Waals surface area contributed by atoms with Gasteiger partial charge < -0.3 is 10.2 Å². The van der Waals surface area contributed by atoms with Crippen LogP contribution in [-0.2, 0) is 9.63 Å². The Morgan fingerprint density at radius 3 is 2.68 bits per heavy atom. The van der Waals surface area contributed by atoms with E-state index in [2.05, 4.69) is 10.5 Å². The molecule has 2 rings (SSSR count). The molecule has 0 bridgehead atoms. The van der Waals surface area contributed by atoms with Gasteiger partial charge in [0.05, 0.1) is 16.9 Å². The lowest BCUT2D eigenvalue weighted by Crippen LogP contribution is -2.17. The number of hydrogen-bond acceptors (Lipinski definition) is 4. The minimum Gasteiger partial charge on any atom is -0.386 e. The van der Waals surface area contributed by atoms with E-state index in [0.717, 1.165) is 5.56 Å². The lowest BCUT2D eigenvalue weighted by atomic mass is 10.2. The maximum atomic E-state index is 11.7. The molecule has 0 aliphatic rings. The second-order valence-electron chi connectivity index (χ2n) is 4.31. The van der Waals surface area contributed by atoms with Gasteiger partial charge in [0.25, 0.3) is 5.91 Å². The standard InChI is InChI=1S/C16H15ClN2O2S/c1-22-13-8-6-12(7-9-13)10-18-21-11-16(20)19-15-5-3-2-4-14(15)17/h2-10H,11H2,1H3,(H,19,20)/b18-10+. The summed E-state index contributed by atoms with van der Waals surface area (Å²) in [5.74, 6) is -0.317. The van der Waals surface area contributed by atoms with Crippen LogP contribution >= 0.6 is 23.4 Å². The lowest BCUT2D eigenvalue weighted by Gasteiger charge is -2.05. The molecule has 114 valence electrons. The minimum absolute atomic E-state index is 0.176. The van der Waals surface area contributed by atoms with Crippen LogP contribution in [0.3, 0.4) is 0 Å². The number of carbonyl (C=O) groups excluding carboxylic acids is 1. The molecule has 0 unspecified atom stereocenters. The van der Waals surface area contributed by atoms with Crippen molar-refractivity contribution in [1.82, 2.24) is 0 Å². The van der Waals surface area contributed by atoms with Crippen molar-refractivity contribution in [3.8, 4) is 0 Å². The maximum Gasteiger partial charge on any atom is 0.265 e. The van der Waals surface area contributed by atoms with E-state index in [1.54, 1.807) is 42.2 Å². The normalized spacial score (nSPS) is 10.6. The Labute approximate surface area is 138 Å². The quantitative estimate of drug-likeness (QED) is 0.492. The molecular formula is C16H15ClN2O2S. The maximum absolute atomic E-state index is 11.7. The number of nitrogens with one attached hydrogen (secondary N) is 1. The fourth-order valence-corrected chi connectivity index (χ4v) is 2.22. The average molecular weight is 335 g/mol. The van der Waals surface area contributed by atoms with E-state index in [0.29, 0.717) is 10.7 Å². The highest BCUT2D eigenvalue weighted by Crippen LogP contribution is 2.20. The highest BCUT2D eigenvalue weighted by molar-refractivity contribution is 7.98. The summed E-state index contributed by atoms with van der Waals surface area (Å²) in [5, 5.41) is 6.91. The summed E-state index contributed by atoms with van der Waals surface area (Å²) in [7, 11) is 0. The fourth-order valence-electron chi connectivity index (χ4n) is 1.63. The largest absolute Gasteiger partial charge is 0.386 e. The van der Waals surface area contributed by atoms with Crippen molar-refractivity contribution in [2.24, 2.45) is 5.16 Å². The van der Waals surface area contributed by atoms with Crippen LogP contribution in [0.5, 0.6) is 0 Å². The summed E-state index contributed by atoms with van der Waals surface area (Å²) in [6.07, 6.45) is 3.58. The fraction of sp³-hybridized carbons (Fsp3) is 0.125. The second-order valence-corrected chi connectivity index (χ2v) is 5.60. The summed E-state index contributed by atoms with van der Waals surface area (Å²) in [6, 6.07) is 14.9. The van der Waals surface area contributed by atoms with E-state index in [9.17, 15) is 4.79 Å². The number of halogens is 1. The Kier molecular flexibility index (Phi) is 6.30. The number of benzene rings is 2. The summed E-state index contributed by atoms with van der Waals surface area (Å²) in [6.45, 7) is -0.176. The van der Waals surface area contributed by atoms with Gasteiger partial charge in [-0.1, -0.05) is 41.0 Å². The Morgan fingerprint density at radius 1 is 1.27 bits per heavy atom. The molecule has 0 aliphatic carbocycles. The van der Waals surface area contributed by atoms with Gasteiger partial charge in [-0.3, -0.25) is 4.79 Å². The Morgan fingerprint density at radius 2 is 2.00 bits per heavy atom. The molecule has 0 heterocycles. The zero-order chi connectivity index (χ0) is 15.8. The smallest absolute Gasteiger partial charge is 0.265 e. The molecule has 0 spiro atoms. The van der Waals surface area contributed by atoms with Crippen LogP contribution in [0.4, 0.5) is 5.69 Å². The molecule has 0 fully saturated rings. The van der Waals surface area contributed by atoms with Crippen LogP contribution in [0.15, 0.2) is 58.6 Å². The lowest BCUT2D eigenvalue weighted by molar-refractivity contribution is -0.120. The van der Waals surface area contributed by atoms with Gasteiger partial charge in [-0.15, -0.1) is 11.8 Å². The molecule has 0 atom stereocenters. The number of amides is 1. The molecular weight excluding hydrogens is 320 g/mol. The first kappa shape index (κ1) is 16.4. The molecule has 4 nitrogen and oxygen atoms in total. The molecule has 2 aromatic rings. The van der Waals surface area contributed by atoms with Gasteiger partial charge in [-0.25, -0.2) is 0 Å². The number of rotatable bonds is 6. The van der Waals surface area contributed by atoms with E-state index < -0.39 is 0 Å². The van der Waals surface area contributed by atoms with Crippen LogP contribution in [-0.4, -0.2) is 25.0 Å². The summed E-state index contributed by atoms with van der Waals surface area (Å²) in [5.41, 5.74) is 1.46. The monoisotopic (exact) mass is 334 g/mol. The Bertz CT molecular complexity index is 659. The number of hydrogen-bond donors (Lipinski definition) is 1. The van der Waals surface area contributed by atoms with Crippen molar-refractivity contribution in [3.05, 3.63) is 59.1 Å². The summed E-state index contributed by atoms with van der Waals surface area (Å²) < 4.78 is 0. The van der Waals surface area contributed by atoms with Gasteiger partial charge in [-0.05, 0) is 36.1 Å². The SMILES string of the molecule is CSc1ccc(/C=N/OCC(=O)Nc2ccccc2Cl)cc1. The molecule has 1 N–H and O–H groups in total. The predicted octanol–water partition coefficient (Wildman–Crippen LogP) is 4.05. The number of carbonyl (C=O) groups is 1. The average Bonchev–Trinajstić information content (AvgIpc) is 2.54. The Hall–Kier alpha value is -1.98. The zero-order valence-corrected chi connectivity index (χ0v) is 13.5. The summed E-state index contributed by atoms with van der Waals surface area (Å²) >= 11 is 7.62. The van der Waals surface area contributed by atoms with Crippen molar-refractivity contribution in [1.29, 1.82) is 0 Å². The number of oxime groups is 1. The molecule has 2 aromatic carbocycles. The van der Waals surface area contributed by atoms with Crippen molar-refractivity contribution in [2.45, 2.75) is 4.90 Å². The number of para-hydroxylation sites is 1. The van der Waals surface area contributed by atoms with Crippen molar-refractivity contribution in [2.75, 3.05) is 18.2 Å². The highest BCUT2D eigenvalue weighted by Gasteiger charge is 2.05. The van der Waals surface area contributed by atoms with Gasteiger partial charge >= 0.3 is 0 Å². The third kappa shape index (κ3) is 5.09. The minimum atomic E-state index is -0.317. The van der Waals surface area contributed by atoms with E-state index in [1.165, 1.54) is 4.90 Å². The second kappa shape index (κ2) is 8.46. The Balaban J connectivity index is 1.79. The first-order valence-electron chi connectivity index (χ1n) is 6.53.